The Hall–Kier alpha value is -2.15. The Labute approximate surface area is 166 Å². The van der Waals surface area contributed by atoms with Gasteiger partial charge in [0.15, 0.2) is 0 Å². The molecule has 0 radical (unpaired) electrons. The molecule has 1 spiro atoms. The molecule has 4 rings (SSSR count). The molecule has 2 saturated heterocycles. The molecule has 0 aromatic carbocycles. The molecule has 1 aromatic rings. The van der Waals surface area contributed by atoms with Crippen molar-refractivity contribution in [2.45, 2.75) is 64.0 Å². The van der Waals surface area contributed by atoms with Crippen LogP contribution in [0.1, 0.15) is 51.9 Å². The lowest BCUT2D eigenvalue weighted by molar-refractivity contribution is -0.139. The van der Waals surface area contributed by atoms with Gasteiger partial charge in [-0.15, -0.1) is 0 Å². The van der Waals surface area contributed by atoms with Gasteiger partial charge < -0.3 is 20.2 Å². The van der Waals surface area contributed by atoms with Gasteiger partial charge in [-0.2, -0.15) is 0 Å². The van der Waals surface area contributed by atoms with Gasteiger partial charge in [0, 0.05) is 32.6 Å². The van der Waals surface area contributed by atoms with E-state index >= 15 is 0 Å². The van der Waals surface area contributed by atoms with Crippen LogP contribution in [0, 0.1) is 5.41 Å². The summed E-state index contributed by atoms with van der Waals surface area (Å²) < 4.78 is 0. The van der Waals surface area contributed by atoms with Gasteiger partial charge in [0.2, 0.25) is 11.8 Å². The van der Waals surface area contributed by atoms with Crippen molar-refractivity contribution in [1.29, 1.82) is 0 Å². The zero-order valence-corrected chi connectivity index (χ0v) is 16.6. The van der Waals surface area contributed by atoms with Crippen molar-refractivity contribution in [3.8, 4) is 0 Å². The second-order valence-corrected chi connectivity index (χ2v) is 8.60. The van der Waals surface area contributed by atoms with E-state index in [-0.39, 0.29) is 17.4 Å². The summed E-state index contributed by atoms with van der Waals surface area (Å²) in [5.74, 6) is 1.05. The van der Waals surface area contributed by atoms with Crippen LogP contribution in [-0.4, -0.2) is 58.6 Å². The van der Waals surface area contributed by atoms with Gasteiger partial charge in [-0.05, 0) is 57.1 Å². The number of likely N-dealkylation sites (tertiary alicyclic amines) is 1. The van der Waals surface area contributed by atoms with Crippen molar-refractivity contribution < 1.29 is 14.7 Å². The van der Waals surface area contributed by atoms with E-state index < -0.39 is 0 Å². The van der Waals surface area contributed by atoms with Gasteiger partial charge in [-0.1, -0.05) is 0 Å². The number of anilines is 2. The van der Waals surface area contributed by atoms with Gasteiger partial charge >= 0.3 is 0 Å². The molecule has 1 aliphatic carbocycles. The Kier molecular flexibility index (Phi) is 5.27. The van der Waals surface area contributed by atoms with Crippen LogP contribution in [0.5, 0.6) is 0 Å². The summed E-state index contributed by atoms with van der Waals surface area (Å²) in [5.41, 5.74) is 0.386. The van der Waals surface area contributed by atoms with Crippen molar-refractivity contribution in [2.75, 3.05) is 29.9 Å². The van der Waals surface area contributed by atoms with E-state index in [9.17, 15) is 14.7 Å². The van der Waals surface area contributed by atoms with E-state index in [0.717, 1.165) is 63.9 Å². The lowest BCUT2D eigenvalue weighted by Gasteiger charge is -2.41. The van der Waals surface area contributed by atoms with Crippen molar-refractivity contribution in [2.24, 2.45) is 5.41 Å². The third-order valence-electron chi connectivity index (χ3n) is 6.62. The molecule has 28 heavy (non-hydrogen) atoms. The van der Waals surface area contributed by atoms with Crippen molar-refractivity contribution in [3.05, 3.63) is 18.3 Å². The molecule has 1 aromatic heterocycles. The summed E-state index contributed by atoms with van der Waals surface area (Å²) in [4.78, 5) is 33.4. The van der Waals surface area contributed by atoms with E-state index in [0.29, 0.717) is 24.2 Å². The number of hydrogen-bond acceptors (Lipinski definition) is 5. The van der Waals surface area contributed by atoms with Crippen molar-refractivity contribution >= 4 is 23.3 Å². The molecule has 1 saturated carbocycles. The predicted molar refractivity (Wildman–Crippen MR) is 107 cm³/mol. The fourth-order valence-corrected chi connectivity index (χ4v) is 5.12. The number of carbonyl (C=O) groups is 2. The standard InChI is InChI=1S/C21H30N4O3/c1-15(26)23-16-3-8-19(22-13-16)24-11-2-9-21(14-24)10-12-25(20(21)28)17-4-6-18(27)7-5-17/h3,8,13,17-18,27H,2,4-7,9-12,14H2,1H3,(H,23,26)/t17-,18-,21-/m1/s1. The molecule has 0 unspecified atom stereocenters. The largest absolute Gasteiger partial charge is 0.393 e. The summed E-state index contributed by atoms with van der Waals surface area (Å²) in [7, 11) is 0. The fourth-order valence-electron chi connectivity index (χ4n) is 5.12. The number of nitrogens with zero attached hydrogens (tertiary/aromatic N) is 3. The topological polar surface area (TPSA) is 85.8 Å². The maximum atomic E-state index is 13.4. The number of pyridine rings is 1. The number of piperidine rings is 1. The average Bonchev–Trinajstić information content (AvgIpc) is 2.98. The molecular formula is C21H30N4O3. The lowest BCUT2D eigenvalue weighted by Crippen LogP contribution is -2.50. The van der Waals surface area contributed by atoms with Gasteiger partial charge in [-0.25, -0.2) is 4.98 Å². The van der Waals surface area contributed by atoms with Crippen LogP contribution >= 0.6 is 0 Å². The average molecular weight is 386 g/mol. The normalized spacial score (nSPS) is 30.7. The maximum Gasteiger partial charge on any atom is 0.230 e. The lowest BCUT2D eigenvalue weighted by atomic mass is 9.78. The second-order valence-electron chi connectivity index (χ2n) is 8.60. The predicted octanol–water partition coefficient (Wildman–Crippen LogP) is 2.16. The number of nitrogens with one attached hydrogen (secondary N) is 1. The molecule has 3 aliphatic rings. The maximum absolute atomic E-state index is 13.4. The van der Waals surface area contributed by atoms with E-state index in [1.165, 1.54) is 6.92 Å². The van der Waals surface area contributed by atoms with E-state index in [4.69, 9.17) is 0 Å². The third kappa shape index (κ3) is 3.72. The smallest absolute Gasteiger partial charge is 0.230 e. The van der Waals surface area contributed by atoms with Crippen molar-refractivity contribution in [3.63, 3.8) is 0 Å². The molecule has 2 N–H and O–H groups in total. The highest BCUT2D eigenvalue weighted by atomic mass is 16.3. The monoisotopic (exact) mass is 386 g/mol. The van der Waals surface area contributed by atoms with Gasteiger partial charge in [0.25, 0.3) is 0 Å². The molecule has 2 aliphatic heterocycles. The first-order valence-corrected chi connectivity index (χ1v) is 10.4. The Morgan fingerprint density at radius 2 is 2.00 bits per heavy atom. The highest BCUT2D eigenvalue weighted by molar-refractivity contribution is 5.88. The van der Waals surface area contributed by atoms with Gasteiger partial charge in [0.1, 0.15) is 5.82 Å². The molecule has 7 heteroatoms. The quantitative estimate of drug-likeness (QED) is 0.831. The minimum absolute atomic E-state index is 0.113. The van der Waals surface area contributed by atoms with E-state index in [1.54, 1.807) is 6.20 Å². The zero-order valence-electron chi connectivity index (χ0n) is 16.6. The molecular weight excluding hydrogens is 356 g/mol. The molecule has 152 valence electrons. The summed E-state index contributed by atoms with van der Waals surface area (Å²) in [6.45, 7) is 3.93. The number of aliphatic hydroxyl groups is 1. The molecule has 1 atom stereocenters. The Balaban J connectivity index is 1.44. The molecule has 7 nitrogen and oxygen atoms in total. The van der Waals surface area contributed by atoms with Gasteiger partial charge in [-0.3, -0.25) is 9.59 Å². The Morgan fingerprint density at radius 3 is 2.68 bits per heavy atom. The van der Waals surface area contributed by atoms with Crippen LogP contribution < -0.4 is 10.2 Å². The van der Waals surface area contributed by atoms with E-state index in [1.807, 2.05) is 12.1 Å². The van der Waals surface area contributed by atoms with Crippen LogP contribution in [-0.2, 0) is 9.59 Å². The Morgan fingerprint density at radius 1 is 1.21 bits per heavy atom. The molecule has 3 fully saturated rings. The summed E-state index contributed by atoms with van der Waals surface area (Å²) in [5, 5.41) is 12.5. The number of amides is 2. The third-order valence-corrected chi connectivity index (χ3v) is 6.62. The summed E-state index contributed by atoms with van der Waals surface area (Å²) in [6.07, 6.45) is 7.75. The first kappa shape index (κ1) is 19.2. The number of hydrogen-bond donors (Lipinski definition) is 2. The van der Waals surface area contributed by atoms with E-state index in [2.05, 4.69) is 20.1 Å². The number of aliphatic hydroxyl groups excluding tert-OH is 1. The highest BCUT2D eigenvalue weighted by Gasteiger charge is 2.50. The Bertz CT molecular complexity index is 730. The summed E-state index contributed by atoms with van der Waals surface area (Å²) in [6, 6.07) is 4.08. The highest BCUT2D eigenvalue weighted by Crippen LogP contribution is 2.43. The van der Waals surface area contributed by atoms with Crippen LogP contribution in [0.15, 0.2) is 18.3 Å². The minimum Gasteiger partial charge on any atom is -0.393 e. The SMILES string of the molecule is CC(=O)Nc1ccc(N2CCC[C@@]3(CCN([C@H]4CC[C@H](O)CC4)C3=O)C2)nc1. The molecule has 2 amide bonds. The summed E-state index contributed by atoms with van der Waals surface area (Å²) >= 11 is 0. The van der Waals surface area contributed by atoms with Crippen LogP contribution in [0.2, 0.25) is 0 Å². The van der Waals surface area contributed by atoms with Gasteiger partial charge in [0.05, 0.1) is 23.4 Å². The van der Waals surface area contributed by atoms with Crippen molar-refractivity contribution in [1.82, 2.24) is 9.88 Å². The first-order valence-electron chi connectivity index (χ1n) is 10.4. The fraction of sp³-hybridized carbons (Fsp3) is 0.667. The minimum atomic E-state index is -0.299. The van der Waals surface area contributed by atoms with Crippen LogP contribution in [0.25, 0.3) is 0 Å². The van der Waals surface area contributed by atoms with Crippen LogP contribution in [0.4, 0.5) is 11.5 Å². The zero-order chi connectivity index (χ0) is 19.7. The second kappa shape index (κ2) is 7.70. The van der Waals surface area contributed by atoms with Crippen LogP contribution in [0.3, 0.4) is 0 Å². The first-order chi connectivity index (χ1) is 13.5. The molecule has 3 heterocycles. The number of carbonyl (C=O) groups excluding carboxylic acids is 2. The number of rotatable bonds is 3. The molecule has 0 bridgehead atoms. The number of aromatic nitrogens is 1.